The summed E-state index contributed by atoms with van der Waals surface area (Å²) in [6, 6.07) is 7.11. The lowest BCUT2D eigenvalue weighted by Gasteiger charge is -2.14. The normalized spacial score (nSPS) is 11.7. The summed E-state index contributed by atoms with van der Waals surface area (Å²) in [5, 5.41) is 14.3. The van der Waals surface area contributed by atoms with Gasteiger partial charge in [-0.1, -0.05) is 19.1 Å². The SMILES string of the molecule is CCSCC(C)NC(=O)Nc1cccc(CCC(=O)O)c1. The zero-order valence-electron chi connectivity index (χ0n) is 12.4. The van der Waals surface area contributed by atoms with Gasteiger partial charge in [0.15, 0.2) is 0 Å². The molecule has 1 unspecified atom stereocenters. The van der Waals surface area contributed by atoms with Crippen molar-refractivity contribution in [3.05, 3.63) is 29.8 Å². The highest BCUT2D eigenvalue weighted by Crippen LogP contribution is 2.12. The number of carbonyl (C=O) groups excluding carboxylic acids is 1. The van der Waals surface area contributed by atoms with Crippen molar-refractivity contribution in [1.82, 2.24) is 5.32 Å². The number of carboxylic acids is 1. The largest absolute Gasteiger partial charge is 0.481 e. The number of carboxylic acid groups (broad SMARTS) is 1. The van der Waals surface area contributed by atoms with Crippen molar-refractivity contribution in [2.45, 2.75) is 32.7 Å². The van der Waals surface area contributed by atoms with Crippen LogP contribution < -0.4 is 10.6 Å². The van der Waals surface area contributed by atoms with Crippen LogP contribution in [0.2, 0.25) is 0 Å². The summed E-state index contributed by atoms with van der Waals surface area (Å²) in [7, 11) is 0. The van der Waals surface area contributed by atoms with E-state index in [4.69, 9.17) is 5.11 Å². The van der Waals surface area contributed by atoms with Gasteiger partial charge in [0.05, 0.1) is 0 Å². The molecule has 0 radical (unpaired) electrons. The predicted molar refractivity (Wildman–Crippen MR) is 87.0 cm³/mol. The molecular weight excluding hydrogens is 288 g/mol. The van der Waals surface area contributed by atoms with Gasteiger partial charge in [-0.3, -0.25) is 4.79 Å². The molecule has 5 nitrogen and oxygen atoms in total. The monoisotopic (exact) mass is 310 g/mol. The molecule has 0 aliphatic heterocycles. The molecule has 0 saturated heterocycles. The van der Waals surface area contributed by atoms with E-state index in [0.29, 0.717) is 12.1 Å². The third-order valence-electron chi connectivity index (χ3n) is 2.76. The third kappa shape index (κ3) is 7.60. The Morgan fingerprint density at radius 1 is 1.38 bits per heavy atom. The van der Waals surface area contributed by atoms with Crippen molar-refractivity contribution in [2.75, 3.05) is 16.8 Å². The minimum Gasteiger partial charge on any atom is -0.481 e. The quantitative estimate of drug-likeness (QED) is 0.690. The topological polar surface area (TPSA) is 78.4 Å². The molecule has 1 aromatic carbocycles. The van der Waals surface area contributed by atoms with Gasteiger partial charge in [0.1, 0.15) is 0 Å². The molecule has 0 spiro atoms. The maximum absolute atomic E-state index is 11.8. The molecule has 0 aromatic heterocycles. The molecule has 3 N–H and O–H groups in total. The number of hydrogen-bond donors (Lipinski definition) is 3. The van der Waals surface area contributed by atoms with Crippen LogP contribution in [0.3, 0.4) is 0 Å². The Kier molecular flexibility index (Phi) is 7.68. The predicted octanol–water partition coefficient (Wildman–Crippen LogP) is 2.97. The van der Waals surface area contributed by atoms with Crippen molar-refractivity contribution in [3.8, 4) is 0 Å². The van der Waals surface area contributed by atoms with E-state index in [2.05, 4.69) is 17.6 Å². The zero-order valence-corrected chi connectivity index (χ0v) is 13.2. The van der Waals surface area contributed by atoms with Gasteiger partial charge in [0, 0.05) is 23.9 Å². The van der Waals surface area contributed by atoms with Gasteiger partial charge in [0.2, 0.25) is 0 Å². The van der Waals surface area contributed by atoms with Crippen molar-refractivity contribution in [1.29, 1.82) is 0 Å². The van der Waals surface area contributed by atoms with Gasteiger partial charge >= 0.3 is 12.0 Å². The molecule has 0 aliphatic carbocycles. The number of thioether (sulfide) groups is 1. The molecule has 21 heavy (non-hydrogen) atoms. The van der Waals surface area contributed by atoms with Crippen molar-refractivity contribution < 1.29 is 14.7 Å². The van der Waals surface area contributed by atoms with E-state index in [1.807, 2.05) is 19.1 Å². The van der Waals surface area contributed by atoms with Gasteiger partial charge in [-0.15, -0.1) is 0 Å². The standard InChI is InChI=1S/C15H22N2O3S/c1-3-21-10-11(2)16-15(20)17-13-6-4-5-12(9-13)7-8-14(18)19/h4-6,9,11H,3,7-8,10H2,1-2H3,(H,18,19)(H2,16,17,20). The molecule has 1 atom stereocenters. The Morgan fingerprint density at radius 2 is 2.14 bits per heavy atom. The first kappa shape index (κ1) is 17.4. The van der Waals surface area contributed by atoms with E-state index in [9.17, 15) is 9.59 Å². The van der Waals surface area contributed by atoms with E-state index in [1.165, 1.54) is 0 Å². The maximum Gasteiger partial charge on any atom is 0.319 e. The Hall–Kier alpha value is -1.69. The number of amides is 2. The van der Waals surface area contributed by atoms with Crippen LogP contribution in [-0.2, 0) is 11.2 Å². The van der Waals surface area contributed by atoms with Crippen LogP contribution in [0.25, 0.3) is 0 Å². The smallest absolute Gasteiger partial charge is 0.319 e. The fraction of sp³-hybridized carbons (Fsp3) is 0.467. The van der Waals surface area contributed by atoms with Crippen LogP contribution in [-0.4, -0.2) is 34.7 Å². The van der Waals surface area contributed by atoms with Crippen LogP contribution in [0.15, 0.2) is 24.3 Å². The number of nitrogens with one attached hydrogen (secondary N) is 2. The Balaban J connectivity index is 2.48. The van der Waals surface area contributed by atoms with E-state index in [1.54, 1.807) is 23.9 Å². The van der Waals surface area contributed by atoms with E-state index < -0.39 is 5.97 Å². The lowest BCUT2D eigenvalue weighted by atomic mass is 10.1. The first-order chi connectivity index (χ1) is 10.0. The Morgan fingerprint density at radius 3 is 2.81 bits per heavy atom. The first-order valence-corrected chi connectivity index (χ1v) is 8.12. The molecule has 0 aliphatic rings. The molecule has 0 fully saturated rings. The molecule has 0 bridgehead atoms. The zero-order chi connectivity index (χ0) is 15.7. The van der Waals surface area contributed by atoms with Crippen molar-refractivity contribution >= 4 is 29.4 Å². The van der Waals surface area contributed by atoms with Crippen LogP contribution in [0, 0.1) is 0 Å². The lowest BCUT2D eigenvalue weighted by Crippen LogP contribution is -2.37. The van der Waals surface area contributed by atoms with Crippen LogP contribution >= 0.6 is 11.8 Å². The number of anilines is 1. The van der Waals surface area contributed by atoms with E-state index in [0.717, 1.165) is 17.1 Å². The number of benzene rings is 1. The van der Waals surface area contributed by atoms with Gasteiger partial charge in [-0.2, -0.15) is 11.8 Å². The van der Waals surface area contributed by atoms with Gasteiger partial charge in [-0.05, 0) is 36.8 Å². The number of urea groups is 1. The highest BCUT2D eigenvalue weighted by Gasteiger charge is 2.07. The lowest BCUT2D eigenvalue weighted by molar-refractivity contribution is -0.136. The van der Waals surface area contributed by atoms with Gasteiger partial charge < -0.3 is 15.7 Å². The van der Waals surface area contributed by atoms with E-state index >= 15 is 0 Å². The minimum absolute atomic E-state index is 0.0843. The second kappa shape index (κ2) is 9.28. The highest BCUT2D eigenvalue weighted by atomic mass is 32.2. The second-order valence-electron chi connectivity index (χ2n) is 4.75. The van der Waals surface area contributed by atoms with Crippen LogP contribution in [0.5, 0.6) is 0 Å². The number of aliphatic carboxylic acids is 1. The van der Waals surface area contributed by atoms with Gasteiger partial charge in [0.25, 0.3) is 0 Å². The van der Waals surface area contributed by atoms with Crippen LogP contribution in [0.1, 0.15) is 25.8 Å². The van der Waals surface area contributed by atoms with Crippen molar-refractivity contribution in [2.24, 2.45) is 0 Å². The Labute approximate surface area is 129 Å². The van der Waals surface area contributed by atoms with Crippen molar-refractivity contribution in [3.63, 3.8) is 0 Å². The average Bonchev–Trinajstić information content (AvgIpc) is 2.43. The highest BCUT2D eigenvalue weighted by molar-refractivity contribution is 7.99. The molecule has 0 saturated carbocycles. The summed E-state index contributed by atoms with van der Waals surface area (Å²) in [4.78, 5) is 22.4. The fourth-order valence-electron chi connectivity index (χ4n) is 1.78. The molecule has 116 valence electrons. The third-order valence-corrected chi connectivity index (χ3v) is 3.91. The summed E-state index contributed by atoms with van der Waals surface area (Å²) < 4.78 is 0. The maximum atomic E-state index is 11.8. The number of rotatable bonds is 8. The number of hydrogen-bond acceptors (Lipinski definition) is 3. The summed E-state index contributed by atoms with van der Waals surface area (Å²) in [6.45, 7) is 4.05. The summed E-state index contributed by atoms with van der Waals surface area (Å²) >= 11 is 1.78. The Bertz CT molecular complexity index is 480. The van der Waals surface area contributed by atoms with Crippen LogP contribution in [0.4, 0.5) is 10.5 Å². The summed E-state index contributed by atoms with van der Waals surface area (Å²) in [5.41, 5.74) is 1.57. The summed E-state index contributed by atoms with van der Waals surface area (Å²) in [5.74, 6) is 1.08. The molecular formula is C15H22N2O3S. The molecule has 1 rings (SSSR count). The number of carbonyl (C=O) groups is 2. The average molecular weight is 310 g/mol. The molecule has 1 aromatic rings. The first-order valence-electron chi connectivity index (χ1n) is 6.97. The van der Waals surface area contributed by atoms with Gasteiger partial charge in [-0.25, -0.2) is 4.79 Å². The molecule has 6 heteroatoms. The molecule has 0 heterocycles. The fourth-order valence-corrected chi connectivity index (χ4v) is 2.46. The second-order valence-corrected chi connectivity index (χ2v) is 6.07. The molecule has 2 amide bonds. The van der Waals surface area contributed by atoms with E-state index in [-0.39, 0.29) is 18.5 Å². The number of aryl methyl sites for hydroxylation is 1. The summed E-state index contributed by atoms with van der Waals surface area (Å²) in [6.07, 6.45) is 0.539. The minimum atomic E-state index is -0.826.